The molecule has 0 fully saturated rings. The van der Waals surface area contributed by atoms with Gasteiger partial charge < -0.3 is 14.6 Å². The number of pyridine rings is 1. The molecule has 0 spiro atoms. The summed E-state index contributed by atoms with van der Waals surface area (Å²) in [7, 11) is 0. The molecule has 0 radical (unpaired) electrons. The second-order valence-electron chi connectivity index (χ2n) is 7.00. The predicted octanol–water partition coefficient (Wildman–Crippen LogP) is 4.29. The molecule has 0 saturated heterocycles. The van der Waals surface area contributed by atoms with E-state index in [4.69, 9.17) is 27.3 Å². The number of rotatable bonds is 6. The van der Waals surface area contributed by atoms with Gasteiger partial charge in [0.25, 0.3) is 5.91 Å². The predicted molar refractivity (Wildman–Crippen MR) is 115 cm³/mol. The van der Waals surface area contributed by atoms with E-state index in [1.807, 2.05) is 39.0 Å². The van der Waals surface area contributed by atoms with Crippen LogP contribution >= 0.6 is 23.4 Å². The van der Waals surface area contributed by atoms with Gasteiger partial charge >= 0.3 is 0 Å². The molecule has 3 rings (SSSR count). The van der Waals surface area contributed by atoms with Crippen LogP contribution in [0.4, 0.5) is 0 Å². The Kier molecular flexibility index (Phi) is 6.06. The second kappa shape index (κ2) is 8.36. The summed E-state index contributed by atoms with van der Waals surface area (Å²) in [5, 5.41) is 7.82. The number of nitrogens with one attached hydrogen (secondary N) is 1. The maximum Gasteiger partial charge on any atom is 0.272 e. The first-order chi connectivity index (χ1) is 13.7. The molecular formula is C21H20ClN3O3S. The molecule has 0 bridgehead atoms. The molecule has 1 N–H and O–H groups in total. The zero-order valence-corrected chi connectivity index (χ0v) is 18.0. The number of terminal acetylenes is 1. The Morgan fingerprint density at radius 3 is 2.76 bits per heavy atom. The highest BCUT2D eigenvalue weighted by Gasteiger charge is 2.31. The van der Waals surface area contributed by atoms with Gasteiger partial charge in [-0.2, -0.15) is 0 Å². The summed E-state index contributed by atoms with van der Waals surface area (Å²) < 4.78 is 10.9. The van der Waals surface area contributed by atoms with Crippen molar-refractivity contribution in [2.75, 3.05) is 6.26 Å². The Morgan fingerprint density at radius 2 is 2.14 bits per heavy atom. The number of hydrogen-bond acceptors (Lipinski definition) is 6. The van der Waals surface area contributed by atoms with Crippen molar-refractivity contribution in [1.82, 2.24) is 15.5 Å². The molecule has 0 aliphatic heterocycles. The topological polar surface area (TPSA) is 77.2 Å². The Morgan fingerprint density at radius 1 is 1.38 bits per heavy atom. The first kappa shape index (κ1) is 21.0. The quantitative estimate of drug-likeness (QED) is 0.465. The fourth-order valence-corrected chi connectivity index (χ4v) is 3.47. The van der Waals surface area contributed by atoms with Crippen LogP contribution in [0.5, 0.6) is 5.75 Å². The normalized spacial score (nSPS) is 12.4. The third-order valence-electron chi connectivity index (χ3n) is 4.34. The number of hydrogen-bond donors (Lipinski definition) is 1. The van der Waals surface area contributed by atoms with Crippen molar-refractivity contribution in [2.24, 2.45) is 0 Å². The Hall–Kier alpha value is -2.69. The SMILES string of the molecule is C#Cc1cnc2c(C)cc(OC(SC)C(=O)NC(C)(C)c3cc(Cl)on3)cc2c1. The number of carbonyl (C=O) groups excluding carboxylic acids is 1. The third-order valence-corrected chi connectivity index (χ3v) is 5.26. The standard InChI is InChI=1S/C21H20ClN3O3S/c1-6-13-8-14-9-15(7-12(2)18(14)23-11-13)27-20(29-5)19(26)24-21(3,4)16-10-17(22)28-25-16/h1,7-11,20H,2-5H3,(H,24,26). The Labute approximate surface area is 178 Å². The van der Waals surface area contributed by atoms with E-state index in [-0.39, 0.29) is 11.1 Å². The number of halogens is 1. The average molecular weight is 430 g/mol. The maximum atomic E-state index is 12.8. The van der Waals surface area contributed by atoms with Gasteiger partial charge in [0, 0.05) is 23.2 Å². The number of carbonyl (C=O) groups is 1. The van der Waals surface area contributed by atoms with Crippen LogP contribution < -0.4 is 10.1 Å². The van der Waals surface area contributed by atoms with Crippen LogP contribution in [-0.2, 0) is 10.3 Å². The summed E-state index contributed by atoms with van der Waals surface area (Å²) in [5.74, 6) is 2.84. The van der Waals surface area contributed by atoms with Crippen LogP contribution in [0.1, 0.15) is 30.7 Å². The van der Waals surface area contributed by atoms with Gasteiger partial charge in [-0.1, -0.05) is 11.1 Å². The largest absolute Gasteiger partial charge is 0.470 e. The lowest BCUT2D eigenvalue weighted by atomic mass is 10.0. The maximum absolute atomic E-state index is 12.8. The van der Waals surface area contributed by atoms with Crippen molar-refractivity contribution < 1.29 is 14.1 Å². The molecule has 0 aliphatic rings. The van der Waals surface area contributed by atoms with E-state index in [1.165, 1.54) is 11.8 Å². The number of amides is 1. The van der Waals surface area contributed by atoms with Gasteiger partial charge in [-0.05, 0) is 62.4 Å². The van der Waals surface area contributed by atoms with Gasteiger partial charge in [0.05, 0.1) is 11.1 Å². The zero-order chi connectivity index (χ0) is 21.2. The molecule has 1 atom stereocenters. The summed E-state index contributed by atoms with van der Waals surface area (Å²) in [4.78, 5) is 17.2. The summed E-state index contributed by atoms with van der Waals surface area (Å²) in [6.45, 7) is 5.55. The lowest BCUT2D eigenvalue weighted by Crippen LogP contribution is -2.46. The molecule has 0 aliphatic carbocycles. The fraction of sp³-hybridized carbons (Fsp3) is 0.286. The molecule has 6 nitrogen and oxygen atoms in total. The summed E-state index contributed by atoms with van der Waals surface area (Å²) in [6, 6.07) is 7.12. The Bertz CT molecular complexity index is 1100. The molecule has 3 aromatic rings. The summed E-state index contributed by atoms with van der Waals surface area (Å²) in [6.07, 6.45) is 8.93. The smallest absolute Gasteiger partial charge is 0.272 e. The van der Waals surface area contributed by atoms with E-state index < -0.39 is 11.0 Å². The van der Waals surface area contributed by atoms with Crippen LogP contribution in [0.3, 0.4) is 0 Å². The van der Waals surface area contributed by atoms with Crippen molar-refractivity contribution in [2.45, 2.75) is 31.7 Å². The minimum Gasteiger partial charge on any atom is -0.470 e. The minimum atomic E-state index is -0.782. The van der Waals surface area contributed by atoms with E-state index in [0.29, 0.717) is 17.0 Å². The van der Waals surface area contributed by atoms with Crippen LogP contribution in [0.2, 0.25) is 5.22 Å². The highest BCUT2D eigenvalue weighted by Crippen LogP contribution is 2.27. The fourth-order valence-electron chi connectivity index (χ4n) is 2.86. The van der Waals surface area contributed by atoms with Gasteiger partial charge in [-0.15, -0.1) is 18.2 Å². The summed E-state index contributed by atoms with van der Waals surface area (Å²) in [5.41, 5.74) is 1.42. The highest BCUT2D eigenvalue weighted by molar-refractivity contribution is 7.99. The van der Waals surface area contributed by atoms with Gasteiger partial charge in [0.2, 0.25) is 10.7 Å². The Balaban J connectivity index is 1.82. The van der Waals surface area contributed by atoms with Crippen molar-refractivity contribution in [3.8, 4) is 18.1 Å². The molecule has 1 aromatic carbocycles. The molecule has 0 saturated carbocycles. The van der Waals surface area contributed by atoms with Gasteiger partial charge in [-0.25, -0.2) is 0 Å². The number of thioether (sulfide) groups is 1. The van der Waals surface area contributed by atoms with Gasteiger partial charge in [0.15, 0.2) is 0 Å². The molecule has 150 valence electrons. The monoisotopic (exact) mass is 429 g/mol. The third kappa shape index (κ3) is 4.66. The second-order valence-corrected chi connectivity index (χ2v) is 8.27. The van der Waals surface area contributed by atoms with Gasteiger partial charge in [0.1, 0.15) is 11.4 Å². The van der Waals surface area contributed by atoms with Crippen LogP contribution in [0.15, 0.2) is 35.0 Å². The van der Waals surface area contributed by atoms with Gasteiger partial charge in [-0.3, -0.25) is 9.78 Å². The number of nitrogens with zero attached hydrogens (tertiary/aromatic N) is 2. The van der Waals surface area contributed by atoms with Crippen LogP contribution in [-0.4, -0.2) is 27.7 Å². The molecule has 1 unspecified atom stereocenters. The van der Waals surface area contributed by atoms with Crippen molar-refractivity contribution >= 4 is 40.2 Å². The van der Waals surface area contributed by atoms with Crippen molar-refractivity contribution in [1.29, 1.82) is 0 Å². The molecule has 29 heavy (non-hydrogen) atoms. The van der Waals surface area contributed by atoms with Crippen molar-refractivity contribution in [3.05, 3.63) is 52.5 Å². The number of benzene rings is 1. The highest BCUT2D eigenvalue weighted by atomic mass is 35.5. The average Bonchev–Trinajstić information content (AvgIpc) is 3.12. The first-order valence-electron chi connectivity index (χ1n) is 8.74. The van der Waals surface area contributed by atoms with Crippen molar-refractivity contribution in [3.63, 3.8) is 0 Å². The number of aryl methyl sites for hydroxylation is 1. The number of aromatic nitrogens is 2. The molecule has 2 heterocycles. The summed E-state index contributed by atoms with van der Waals surface area (Å²) >= 11 is 7.08. The van der Waals surface area contributed by atoms with E-state index in [1.54, 1.807) is 18.5 Å². The zero-order valence-electron chi connectivity index (χ0n) is 16.4. The molecule has 1 amide bonds. The molecule has 8 heteroatoms. The van der Waals surface area contributed by atoms with E-state index in [9.17, 15) is 4.79 Å². The van der Waals surface area contributed by atoms with E-state index in [2.05, 4.69) is 21.4 Å². The lowest BCUT2D eigenvalue weighted by molar-refractivity contribution is -0.126. The van der Waals surface area contributed by atoms with Crippen LogP contribution in [0, 0.1) is 19.3 Å². The van der Waals surface area contributed by atoms with Crippen LogP contribution in [0.25, 0.3) is 10.9 Å². The van der Waals surface area contributed by atoms with E-state index in [0.717, 1.165) is 16.5 Å². The first-order valence-corrected chi connectivity index (χ1v) is 10.4. The molecule has 2 aromatic heterocycles. The minimum absolute atomic E-state index is 0.159. The van der Waals surface area contributed by atoms with E-state index >= 15 is 0 Å². The molecular weight excluding hydrogens is 410 g/mol. The lowest BCUT2D eigenvalue weighted by Gasteiger charge is -2.26. The number of ether oxygens (including phenoxy) is 1. The number of fused-ring (bicyclic) bond motifs is 1.